The Labute approximate surface area is 129 Å². The zero-order valence-corrected chi connectivity index (χ0v) is 12.9. The van der Waals surface area contributed by atoms with Crippen LogP contribution in [0.1, 0.15) is 30.4 Å². The molecule has 1 saturated heterocycles. The maximum atomic E-state index is 12.2. The monoisotopic (exact) mass is 309 g/mol. The second-order valence-electron chi connectivity index (χ2n) is 5.60. The highest BCUT2D eigenvalue weighted by Gasteiger charge is 2.27. The summed E-state index contributed by atoms with van der Waals surface area (Å²) in [6.45, 7) is 2.94. The number of amides is 1. The minimum atomic E-state index is -0.808. The molecule has 0 spiro atoms. The van der Waals surface area contributed by atoms with Crippen molar-refractivity contribution in [3.05, 3.63) is 34.3 Å². The summed E-state index contributed by atoms with van der Waals surface area (Å²) in [4.78, 5) is 24.9. The van der Waals surface area contributed by atoms with E-state index in [1.165, 1.54) is 0 Å². The van der Waals surface area contributed by atoms with Crippen molar-refractivity contribution >= 4 is 23.5 Å². The van der Waals surface area contributed by atoms with E-state index in [4.69, 9.17) is 16.7 Å². The maximum absolute atomic E-state index is 12.2. The zero-order chi connectivity index (χ0) is 15.4. The Kier molecular flexibility index (Phi) is 5.23. The summed E-state index contributed by atoms with van der Waals surface area (Å²) in [6.07, 6.45) is 2.45. The van der Waals surface area contributed by atoms with Gasteiger partial charge in [0.1, 0.15) is 0 Å². The summed E-state index contributed by atoms with van der Waals surface area (Å²) in [5.41, 5.74) is 2.05. The third kappa shape index (κ3) is 4.21. The third-order valence-electron chi connectivity index (χ3n) is 3.99. The lowest BCUT2D eigenvalue weighted by atomic mass is 9.97. The lowest BCUT2D eigenvalue weighted by molar-refractivity contribution is -0.145. The molecule has 5 heteroatoms. The van der Waals surface area contributed by atoms with Crippen molar-refractivity contribution in [1.29, 1.82) is 0 Å². The molecule has 0 radical (unpaired) electrons. The Balaban J connectivity index is 1.89. The second-order valence-corrected chi connectivity index (χ2v) is 6.01. The number of nitrogens with zero attached hydrogens (tertiary/aromatic N) is 1. The van der Waals surface area contributed by atoms with Crippen molar-refractivity contribution in [2.75, 3.05) is 13.1 Å². The molecule has 1 aromatic rings. The average Bonchev–Trinajstić information content (AvgIpc) is 2.48. The van der Waals surface area contributed by atoms with Gasteiger partial charge < -0.3 is 10.0 Å². The van der Waals surface area contributed by atoms with Crippen molar-refractivity contribution in [3.63, 3.8) is 0 Å². The van der Waals surface area contributed by atoms with Gasteiger partial charge in [-0.3, -0.25) is 9.59 Å². The number of halogens is 1. The molecule has 1 fully saturated rings. The SMILES string of the molecule is Cc1ccc(CCC(=O)N2CCC[C@H](C(=O)O)C2)cc1Cl. The van der Waals surface area contributed by atoms with Gasteiger partial charge in [-0.25, -0.2) is 0 Å². The van der Waals surface area contributed by atoms with Gasteiger partial charge in [-0.2, -0.15) is 0 Å². The van der Waals surface area contributed by atoms with Crippen LogP contribution in [0.2, 0.25) is 5.02 Å². The largest absolute Gasteiger partial charge is 0.481 e. The van der Waals surface area contributed by atoms with E-state index in [2.05, 4.69) is 0 Å². The molecule has 0 aliphatic carbocycles. The minimum absolute atomic E-state index is 0.0256. The molecule has 1 amide bonds. The van der Waals surface area contributed by atoms with Gasteiger partial charge in [0.2, 0.25) is 5.91 Å². The first-order valence-corrected chi connectivity index (χ1v) is 7.61. The molecule has 1 aromatic carbocycles. The topological polar surface area (TPSA) is 57.6 Å². The van der Waals surface area contributed by atoms with Crippen LogP contribution in [0.3, 0.4) is 0 Å². The van der Waals surface area contributed by atoms with Crippen molar-refractivity contribution in [1.82, 2.24) is 4.90 Å². The average molecular weight is 310 g/mol. The number of hydrogen-bond acceptors (Lipinski definition) is 2. The molecule has 1 atom stereocenters. The molecule has 21 heavy (non-hydrogen) atoms. The smallest absolute Gasteiger partial charge is 0.308 e. The van der Waals surface area contributed by atoms with Crippen molar-refractivity contribution in [3.8, 4) is 0 Å². The van der Waals surface area contributed by atoms with Crippen LogP contribution in [0, 0.1) is 12.8 Å². The molecule has 0 bridgehead atoms. The van der Waals surface area contributed by atoms with Crippen molar-refractivity contribution in [2.45, 2.75) is 32.6 Å². The summed E-state index contributed by atoms with van der Waals surface area (Å²) in [5, 5.41) is 9.76. The van der Waals surface area contributed by atoms with Crippen LogP contribution in [-0.4, -0.2) is 35.0 Å². The number of aryl methyl sites for hydroxylation is 2. The number of carbonyl (C=O) groups is 2. The van der Waals surface area contributed by atoms with Crippen LogP contribution in [0.5, 0.6) is 0 Å². The van der Waals surface area contributed by atoms with Gasteiger partial charge in [-0.1, -0.05) is 23.7 Å². The van der Waals surface area contributed by atoms with Gasteiger partial charge in [-0.15, -0.1) is 0 Å². The minimum Gasteiger partial charge on any atom is -0.481 e. The molecule has 1 heterocycles. The fraction of sp³-hybridized carbons (Fsp3) is 0.500. The molecule has 2 rings (SSSR count). The highest BCUT2D eigenvalue weighted by molar-refractivity contribution is 6.31. The predicted octanol–water partition coefficient (Wildman–Crippen LogP) is 2.90. The summed E-state index contributed by atoms with van der Waals surface area (Å²) in [7, 11) is 0. The van der Waals surface area contributed by atoms with Gasteiger partial charge in [0, 0.05) is 24.5 Å². The fourth-order valence-corrected chi connectivity index (χ4v) is 2.81. The maximum Gasteiger partial charge on any atom is 0.308 e. The number of piperidine rings is 1. The summed E-state index contributed by atoms with van der Waals surface area (Å²) in [5.74, 6) is -1.20. The number of carboxylic acid groups (broad SMARTS) is 1. The molecule has 114 valence electrons. The van der Waals surface area contributed by atoms with E-state index in [0.29, 0.717) is 37.4 Å². The van der Waals surface area contributed by atoms with Gasteiger partial charge in [0.25, 0.3) is 0 Å². The Morgan fingerprint density at radius 3 is 2.86 bits per heavy atom. The van der Waals surface area contributed by atoms with Gasteiger partial charge in [0.05, 0.1) is 5.92 Å². The fourth-order valence-electron chi connectivity index (χ4n) is 2.61. The summed E-state index contributed by atoms with van der Waals surface area (Å²) in [6, 6.07) is 5.81. The predicted molar refractivity (Wildman–Crippen MR) is 81.4 cm³/mol. The van der Waals surface area contributed by atoms with Crippen LogP contribution < -0.4 is 0 Å². The van der Waals surface area contributed by atoms with Crippen molar-refractivity contribution in [2.24, 2.45) is 5.92 Å². The van der Waals surface area contributed by atoms with Crippen molar-refractivity contribution < 1.29 is 14.7 Å². The number of benzene rings is 1. The molecule has 0 saturated carbocycles. The summed E-state index contributed by atoms with van der Waals surface area (Å²) < 4.78 is 0. The van der Waals surface area contributed by atoms with Crippen LogP contribution in [0.25, 0.3) is 0 Å². The Morgan fingerprint density at radius 1 is 1.43 bits per heavy atom. The van der Waals surface area contributed by atoms with E-state index in [9.17, 15) is 9.59 Å². The molecule has 1 aliphatic rings. The summed E-state index contributed by atoms with van der Waals surface area (Å²) >= 11 is 6.07. The van der Waals surface area contributed by atoms with Crippen LogP contribution in [-0.2, 0) is 16.0 Å². The first-order chi connectivity index (χ1) is 9.97. The van der Waals surface area contributed by atoms with E-state index in [-0.39, 0.29) is 5.91 Å². The number of hydrogen-bond donors (Lipinski definition) is 1. The molecule has 0 unspecified atom stereocenters. The Bertz CT molecular complexity index is 544. The Morgan fingerprint density at radius 2 is 2.19 bits per heavy atom. The molecule has 1 aliphatic heterocycles. The van der Waals surface area contributed by atoms with E-state index in [1.807, 2.05) is 25.1 Å². The highest BCUT2D eigenvalue weighted by Crippen LogP contribution is 2.20. The van der Waals surface area contributed by atoms with E-state index in [1.54, 1.807) is 4.90 Å². The first kappa shape index (κ1) is 15.8. The number of aliphatic carboxylic acids is 1. The molecular weight excluding hydrogens is 290 g/mol. The Hall–Kier alpha value is -1.55. The normalized spacial score (nSPS) is 18.6. The standard InChI is InChI=1S/C16H20ClNO3/c1-11-4-5-12(9-14(11)17)6-7-15(19)18-8-2-3-13(10-18)16(20)21/h4-5,9,13H,2-3,6-8,10H2,1H3,(H,20,21)/t13-/m0/s1. The van der Waals surface area contributed by atoms with Gasteiger partial charge in [-0.05, 0) is 43.4 Å². The number of carbonyl (C=O) groups excluding carboxylic acids is 1. The lowest BCUT2D eigenvalue weighted by Crippen LogP contribution is -2.42. The van der Waals surface area contributed by atoms with Crippen LogP contribution in [0.15, 0.2) is 18.2 Å². The molecule has 1 N–H and O–H groups in total. The number of rotatable bonds is 4. The molecular formula is C16H20ClNO3. The van der Waals surface area contributed by atoms with E-state index >= 15 is 0 Å². The first-order valence-electron chi connectivity index (χ1n) is 7.23. The lowest BCUT2D eigenvalue weighted by Gasteiger charge is -2.30. The number of carboxylic acids is 1. The second kappa shape index (κ2) is 6.94. The zero-order valence-electron chi connectivity index (χ0n) is 12.1. The van der Waals surface area contributed by atoms with E-state index < -0.39 is 11.9 Å². The van der Waals surface area contributed by atoms with Crippen LogP contribution in [0.4, 0.5) is 0 Å². The molecule has 4 nitrogen and oxygen atoms in total. The molecule has 0 aromatic heterocycles. The highest BCUT2D eigenvalue weighted by atomic mass is 35.5. The quantitative estimate of drug-likeness (QED) is 0.930. The van der Waals surface area contributed by atoms with Gasteiger partial charge in [0.15, 0.2) is 0 Å². The van der Waals surface area contributed by atoms with Gasteiger partial charge >= 0.3 is 5.97 Å². The van der Waals surface area contributed by atoms with Crippen LogP contribution >= 0.6 is 11.6 Å². The third-order valence-corrected chi connectivity index (χ3v) is 4.39. The van der Waals surface area contributed by atoms with E-state index in [0.717, 1.165) is 17.5 Å². The number of likely N-dealkylation sites (tertiary alicyclic amines) is 1.